The van der Waals surface area contributed by atoms with Gasteiger partial charge < -0.3 is 10.5 Å². The summed E-state index contributed by atoms with van der Waals surface area (Å²) in [5.41, 5.74) is 8.16. The third-order valence-corrected chi connectivity index (χ3v) is 7.37. The number of hydrogen-bond donors (Lipinski definition) is 3. The van der Waals surface area contributed by atoms with Gasteiger partial charge in [-0.15, -0.1) is 11.3 Å². The van der Waals surface area contributed by atoms with Gasteiger partial charge in [0, 0.05) is 28.8 Å². The number of carbonyl (C=O) groups excluding carboxylic acids is 1. The summed E-state index contributed by atoms with van der Waals surface area (Å²) in [5.74, 6) is -0.507. The Kier molecular flexibility index (Phi) is 8.22. The number of ether oxygens (including phenoxy) is 1. The summed E-state index contributed by atoms with van der Waals surface area (Å²) in [6.07, 6.45) is 0.430. The van der Waals surface area contributed by atoms with E-state index in [1.165, 1.54) is 23.5 Å². The van der Waals surface area contributed by atoms with Crippen LogP contribution in [-0.4, -0.2) is 35.1 Å². The van der Waals surface area contributed by atoms with E-state index in [0.29, 0.717) is 11.3 Å². The first-order chi connectivity index (χ1) is 18.3. The lowest BCUT2D eigenvalue weighted by atomic mass is 9.87. The number of benzene rings is 3. The van der Waals surface area contributed by atoms with Gasteiger partial charge in [-0.25, -0.2) is 4.98 Å². The van der Waals surface area contributed by atoms with E-state index >= 15 is 0 Å². The second-order valence-electron chi connectivity index (χ2n) is 10.3. The number of nitrogens with zero attached hydrogens (tertiary/aromatic N) is 1. The topological polar surface area (TPSA) is 132 Å². The highest BCUT2D eigenvalue weighted by Gasteiger charge is 2.40. The summed E-state index contributed by atoms with van der Waals surface area (Å²) in [6.45, 7) is 5.42. The number of thiazole rings is 1. The maximum Gasteiger partial charge on any atom is 0.357 e. The second kappa shape index (κ2) is 11.3. The molecule has 204 valence electrons. The van der Waals surface area contributed by atoms with Crippen LogP contribution in [0.1, 0.15) is 31.2 Å². The average Bonchev–Trinajstić information content (AvgIpc) is 3.27. The number of aromatic nitrogens is 1. The molecule has 0 amide bonds. The van der Waals surface area contributed by atoms with Gasteiger partial charge in [-0.05, 0) is 38.5 Å². The highest BCUT2D eigenvalue weighted by Crippen LogP contribution is 2.37. The summed E-state index contributed by atoms with van der Waals surface area (Å²) < 4.78 is 39.4. The van der Waals surface area contributed by atoms with E-state index in [2.05, 4.69) is 0 Å². The zero-order valence-corrected chi connectivity index (χ0v) is 23.6. The Bertz CT molecular complexity index is 1530. The average molecular weight is 566 g/mol. The van der Waals surface area contributed by atoms with Crippen molar-refractivity contribution in [1.82, 2.24) is 4.98 Å². The molecule has 3 aromatic carbocycles. The molecular weight excluding hydrogens is 534 g/mol. The van der Waals surface area contributed by atoms with Crippen LogP contribution in [0.5, 0.6) is 0 Å². The molecule has 10 heteroatoms. The molecular formula is C29H31N3O5S2. The van der Waals surface area contributed by atoms with Gasteiger partial charge in [0.15, 0.2) is 0 Å². The molecule has 0 spiro atoms. The van der Waals surface area contributed by atoms with Gasteiger partial charge in [0.05, 0.1) is 11.4 Å². The predicted octanol–water partition coefficient (Wildman–Crippen LogP) is 5.52. The Morgan fingerprint density at radius 1 is 0.923 bits per heavy atom. The van der Waals surface area contributed by atoms with Crippen molar-refractivity contribution in [3.8, 4) is 21.8 Å². The van der Waals surface area contributed by atoms with Crippen LogP contribution in [0.4, 0.5) is 5.69 Å². The highest BCUT2D eigenvalue weighted by molar-refractivity contribution is 7.87. The summed E-state index contributed by atoms with van der Waals surface area (Å²) in [7, 11) is -4.40. The number of nitrogens with one attached hydrogen (secondary N) is 1. The van der Waals surface area contributed by atoms with Gasteiger partial charge >= 0.3 is 16.3 Å². The SMILES string of the molecule is CC(C)(C)OC(=O)C(N)(Cc1ccccc1)Cc1sc(-c2ccccc2)nc1-c1ccc(NS(=O)(=O)O)cc1. The highest BCUT2D eigenvalue weighted by atomic mass is 32.2. The molecule has 0 bridgehead atoms. The minimum absolute atomic E-state index is 0.168. The van der Waals surface area contributed by atoms with Crippen molar-refractivity contribution in [3.63, 3.8) is 0 Å². The van der Waals surface area contributed by atoms with Gasteiger partial charge in [0.25, 0.3) is 0 Å². The van der Waals surface area contributed by atoms with Crippen molar-refractivity contribution in [1.29, 1.82) is 0 Å². The Morgan fingerprint density at radius 3 is 2.08 bits per heavy atom. The van der Waals surface area contributed by atoms with Crippen LogP contribution < -0.4 is 10.5 Å². The molecule has 1 unspecified atom stereocenters. The normalized spacial score (nSPS) is 13.5. The molecule has 8 nitrogen and oxygen atoms in total. The first-order valence-electron chi connectivity index (χ1n) is 12.3. The summed E-state index contributed by atoms with van der Waals surface area (Å²) in [5, 5.41) is 0.756. The fourth-order valence-corrected chi connectivity index (χ4v) is 5.73. The Hall–Kier alpha value is -3.57. The molecule has 39 heavy (non-hydrogen) atoms. The lowest BCUT2D eigenvalue weighted by molar-refractivity contribution is -0.161. The van der Waals surface area contributed by atoms with Crippen LogP contribution in [0.2, 0.25) is 0 Å². The van der Waals surface area contributed by atoms with Crippen LogP contribution in [0.25, 0.3) is 21.8 Å². The predicted molar refractivity (Wildman–Crippen MR) is 155 cm³/mol. The number of esters is 1. The van der Waals surface area contributed by atoms with Gasteiger partial charge in [-0.2, -0.15) is 8.42 Å². The number of carbonyl (C=O) groups is 1. The maximum atomic E-state index is 13.5. The fraction of sp³-hybridized carbons (Fsp3) is 0.241. The molecule has 0 aliphatic rings. The minimum atomic E-state index is -4.40. The molecule has 0 saturated carbocycles. The van der Waals surface area contributed by atoms with E-state index in [4.69, 9.17) is 20.0 Å². The largest absolute Gasteiger partial charge is 0.459 e. The lowest BCUT2D eigenvalue weighted by Gasteiger charge is -2.31. The summed E-state index contributed by atoms with van der Waals surface area (Å²) >= 11 is 1.44. The third kappa shape index (κ3) is 7.73. The Balaban J connectivity index is 1.78. The molecule has 0 fully saturated rings. The lowest BCUT2D eigenvalue weighted by Crippen LogP contribution is -2.54. The van der Waals surface area contributed by atoms with Crippen LogP contribution in [0.15, 0.2) is 84.9 Å². The van der Waals surface area contributed by atoms with Crippen LogP contribution in [0.3, 0.4) is 0 Å². The van der Waals surface area contributed by atoms with Gasteiger partial charge in [-0.1, -0.05) is 72.8 Å². The van der Waals surface area contributed by atoms with E-state index in [1.807, 2.05) is 86.2 Å². The minimum Gasteiger partial charge on any atom is -0.459 e. The van der Waals surface area contributed by atoms with Crippen molar-refractivity contribution in [3.05, 3.63) is 95.4 Å². The van der Waals surface area contributed by atoms with Crippen molar-refractivity contribution < 1.29 is 22.5 Å². The second-order valence-corrected chi connectivity index (χ2v) is 12.5. The first kappa shape index (κ1) is 28.4. The van der Waals surface area contributed by atoms with Gasteiger partial charge in [-0.3, -0.25) is 14.1 Å². The Labute approximate surface area is 232 Å². The molecule has 4 N–H and O–H groups in total. The van der Waals surface area contributed by atoms with Crippen molar-refractivity contribution >= 4 is 33.3 Å². The zero-order valence-electron chi connectivity index (χ0n) is 21.9. The standard InChI is InChI=1S/C29H31N3O5S2/c1-28(2,3)37-27(33)29(30,18-20-10-6-4-7-11-20)19-24-25(31-26(38-24)22-12-8-5-9-13-22)21-14-16-23(17-15-21)32-39(34,35)36/h4-17,32H,18-19,30H2,1-3H3,(H,34,35,36). The molecule has 0 saturated heterocycles. The summed E-state index contributed by atoms with van der Waals surface area (Å²) in [6, 6.07) is 25.7. The zero-order chi connectivity index (χ0) is 28.3. The Morgan fingerprint density at radius 2 is 1.51 bits per heavy atom. The number of nitrogens with two attached hydrogens (primary N) is 1. The van der Waals surface area contributed by atoms with Crippen molar-refractivity contribution in [2.75, 3.05) is 4.72 Å². The van der Waals surface area contributed by atoms with E-state index in [1.54, 1.807) is 12.1 Å². The van der Waals surface area contributed by atoms with E-state index in [-0.39, 0.29) is 18.5 Å². The van der Waals surface area contributed by atoms with Crippen LogP contribution in [0, 0.1) is 0 Å². The third-order valence-electron chi connectivity index (χ3n) is 5.77. The molecule has 1 aromatic heterocycles. The van der Waals surface area contributed by atoms with E-state index in [9.17, 15) is 13.2 Å². The quantitative estimate of drug-likeness (QED) is 0.180. The molecule has 4 aromatic rings. The number of rotatable bonds is 9. The molecule has 1 atom stereocenters. The molecule has 0 aliphatic heterocycles. The molecule has 4 rings (SSSR count). The van der Waals surface area contributed by atoms with Crippen LogP contribution >= 0.6 is 11.3 Å². The van der Waals surface area contributed by atoms with Crippen molar-refractivity contribution in [2.45, 2.75) is 44.8 Å². The van der Waals surface area contributed by atoms with Gasteiger partial charge in [0.1, 0.15) is 16.1 Å². The monoisotopic (exact) mass is 565 g/mol. The first-order valence-corrected chi connectivity index (χ1v) is 14.5. The molecule has 0 radical (unpaired) electrons. The maximum absolute atomic E-state index is 13.5. The number of hydrogen-bond acceptors (Lipinski definition) is 7. The molecule has 0 aliphatic carbocycles. The van der Waals surface area contributed by atoms with E-state index in [0.717, 1.165) is 21.0 Å². The fourth-order valence-electron chi connectivity index (χ4n) is 4.08. The summed E-state index contributed by atoms with van der Waals surface area (Å²) in [4.78, 5) is 19.2. The number of anilines is 1. The van der Waals surface area contributed by atoms with Crippen LogP contribution in [-0.2, 0) is 32.7 Å². The van der Waals surface area contributed by atoms with Gasteiger partial charge in [0.2, 0.25) is 0 Å². The molecule has 1 heterocycles. The van der Waals surface area contributed by atoms with E-state index < -0.39 is 27.4 Å². The van der Waals surface area contributed by atoms with Crippen molar-refractivity contribution in [2.24, 2.45) is 5.73 Å². The smallest absolute Gasteiger partial charge is 0.357 e.